The highest BCUT2D eigenvalue weighted by Gasteiger charge is 2.56. The molecule has 2 heterocycles. The highest BCUT2D eigenvalue weighted by Crippen LogP contribution is 2.40. The first kappa shape index (κ1) is 49.0. The predicted octanol–water partition coefficient (Wildman–Crippen LogP) is 7.16. The summed E-state index contributed by atoms with van der Waals surface area (Å²) in [6, 6.07) is 38.8. The molecule has 14 nitrogen and oxygen atoms in total. The van der Waals surface area contributed by atoms with Crippen LogP contribution in [0.4, 0.5) is 0 Å². The molecule has 2 aliphatic rings. The Bertz CT molecular complexity index is 2030. The number of hydrogen-bond acceptors (Lipinski definition) is 15. The molecule has 4 aromatic carbocycles. The van der Waals surface area contributed by atoms with Gasteiger partial charge in [0.05, 0.1) is 26.4 Å². The Kier molecular flexibility index (Phi) is 18.5. The molecule has 0 amide bonds. The smallest absolute Gasteiger partial charge is 0.332 e. The van der Waals surface area contributed by atoms with Gasteiger partial charge >= 0.3 is 26.5 Å². The van der Waals surface area contributed by atoms with Crippen molar-refractivity contribution in [2.75, 3.05) is 20.3 Å². The van der Waals surface area contributed by atoms with E-state index in [1.165, 1.54) is 32.5 Å². The molecule has 0 aliphatic carbocycles. The molecule has 0 aromatic heterocycles. The number of rotatable bonds is 21. The Morgan fingerprint density at radius 2 is 1.03 bits per heavy atom. The number of thioether (sulfide) groups is 1. The van der Waals surface area contributed by atoms with Gasteiger partial charge in [0.25, 0.3) is 0 Å². The van der Waals surface area contributed by atoms with Crippen LogP contribution in [-0.4, -0.2) is 107 Å². The van der Waals surface area contributed by atoms with E-state index in [-0.39, 0.29) is 26.4 Å². The number of carbonyl (C=O) groups excluding carboxylic acids is 3. The third kappa shape index (κ3) is 14.5. The van der Waals surface area contributed by atoms with Crippen LogP contribution in [0.3, 0.4) is 0 Å². The van der Waals surface area contributed by atoms with Gasteiger partial charge in [-0.1, -0.05) is 121 Å². The van der Waals surface area contributed by atoms with Gasteiger partial charge < -0.3 is 51.5 Å². The lowest BCUT2D eigenvalue weighted by Crippen LogP contribution is -2.66. The van der Waals surface area contributed by atoms with Crippen LogP contribution in [0.2, 0.25) is 13.1 Å². The van der Waals surface area contributed by atoms with Crippen LogP contribution < -0.4 is 0 Å². The van der Waals surface area contributed by atoms with E-state index in [0.717, 1.165) is 21.6 Å². The van der Waals surface area contributed by atoms with E-state index in [1.54, 1.807) is 7.11 Å². The van der Waals surface area contributed by atoms with Crippen molar-refractivity contribution in [3.8, 4) is 0 Å². The molecule has 2 fully saturated rings. The van der Waals surface area contributed by atoms with Crippen molar-refractivity contribution >= 4 is 38.2 Å². The second kappa shape index (κ2) is 24.2. The van der Waals surface area contributed by atoms with E-state index in [1.807, 2.05) is 134 Å². The summed E-state index contributed by atoms with van der Waals surface area (Å²) in [5, 5.41) is 0. The largest absolute Gasteiger partial charge is 0.463 e. The van der Waals surface area contributed by atoms with Gasteiger partial charge in [-0.25, -0.2) is 0 Å². The van der Waals surface area contributed by atoms with Crippen LogP contribution in [0, 0.1) is 0 Å². The molecule has 0 bridgehead atoms. The number of ether oxygens (including phenoxy) is 9. The number of hydrogen-bond donors (Lipinski definition) is 0. The SMILES string of the molecule is CO[C@H]1O[C@H](COCc2ccccc2)[C@@H](OCc2ccccc2)[C@H](O[Si](C)(C)O[C@@H]2[C@@H](OC(C)=O)[C@H](OC(C)=O)[C@@H](COC(C)=O)O[C@@H]2Sc2ccccc2)[C@H]1OCc1ccccc1. The normalized spacial score (nSPS) is 25.8. The fourth-order valence-electron chi connectivity index (χ4n) is 7.52. The highest BCUT2D eigenvalue weighted by molar-refractivity contribution is 7.99. The van der Waals surface area contributed by atoms with Gasteiger partial charge in [0.1, 0.15) is 48.7 Å². The van der Waals surface area contributed by atoms with E-state index in [2.05, 4.69) is 0 Å². The molecule has 0 unspecified atom stereocenters. The van der Waals surface area contributed by atoms with Gasteiger partial charge in [-0.05, 0) is 41.9 Å². The molecule has 0 N–H and O–H groups in total. The van der Waals surface area contributed by atoms with E-state index >= 15 is 0 Å². The summed E-state index contributed by atoms with van der Waals surface area (Å²) in [4.78, 5) is 38.4. The van der Waals surface area contributed by atoms with Crippen LogP contribution in [0.15, 0.2) is 126 Å². The fraction of sp³-hybridized carbons (Fsp3) is 0.438. The maximum absolute atomic E-state index is 12.9. The Hall–Kier alpha value is -4.46. The Labute approximate surface area is 380 Å². The summed E-state index contributed by atoms with van der Waals surface area (Å²) >= 11 is 1.31. The molecule has 0 radical (unpaired) electrons. The minimum Gasteiger partial charge on any atom is -0.463 e. The van der Waals surface area contributed by atoms with Crippen molar-refractivity contribution in [1.82, 2.24) is 0 Å². The first-order chi connectivity index (χ1) is 30.9. The average molecular weight is 919 g/mol. The minimum absolute atomic E-state index is 0.122. The van der Waals surface area contributed by atoms with Crippen molar-refractivity contribution in [3.63, 3.8) is 0 Å². The van der Waals surface area contributed by atoms with E-state index in [0.29, 0.717) is 6.61 Å². The van der Waals surface area contributed by atoms with Gasteiger partial charge in [-0.15, -0.1) is 0 Å². The molecule has 2 saturated heterocycles. The van der Waals surface area contributed by atoms with Crippen LogP contribution in [0.5, 0.6) is 0 Å². The van der Waals surface area contributed by atoms with Crippen LogP contribution in [0.1, 0.15) is 37.5 Å². The molecule has 6 rings (SSSR count). The predicted molar refractivity (Wildman–Crippen MR) is 238 cm³/mol. The van der Waals surface area contributed by atoms with Gasteiger partial charge in [0, 0.05) is 32.8 Å². The zero-order valence-corrected chi connectivity index (χ0v) is 38.8. The molecule has 0 saturated carbocycles. The third-order valence-electron chi connectivity index (χ3n) is 10.3. The van der Waals surface area contributed by atoms with Crippen LogP contribution in [-0.2, 0) is 85.7 Å². The zero-order chi connectivity index (χ0) is 45.5. The second-order valence-corrected chi connectivity index (χ2v) is 20.2. The van der Waals surface area contributed by atoms with Gasteiger partial charge in [-0.2, -0.15) is 0 Å². The molecule has 2 aliphatic heterocycles. The second-order valence-electron chi connectivity index (χ2n) is 15.8. The quantitative estimate of drug-likeness (QED) is 0.0472. The Balaban J connectivity index is 1.37. The zero-order valence-electron chi connectivity index (χ0n) is 37.0. The summed E-state index contributed by atoms with van der Waals surface area (Å²) in [5.41, 5.74) is 1.95. The molecule has 4 aromatic rings. The molecule has 16 heteroatoms. The molecule has 0 spiro atoms. The van der Waals surface area contributed by atoms with E-state index < -0.39 is 87.0 Å². The lowest BCUT2D eigenvalue weighted by Gasteiger charge is -2.49. The maximum Gasteiger partial charge on any atom is 0.332 e. The van der Waals surface area contributed by atoms with Crippen molar-refractivity contribution < 1.29 is 65.9 Å². The Morgan fingerprint density at radius 1 is 0.547 bits per heavy atom. The fourth-order valence-corrected chi connectivity index (χ4v) is 10.6. The van der Waals surface area contributed by atoms with Crippen LogP contribution >= 0.6 is 11.8 Å². The highest BCUT2D eigenvalue weighted by atomic mass is 32.2. The molecule has 344 valence electrons. The summed E-state index contributed by atoms with van der Waals surface area (Å²) in [6.07, 6.45) is -8.69. The molecule has 64 heavy (non-hydrogen) atoms. The summed E-state index contributed by atoms with van der Waals surface area (Å²) in [7, 11) is -1.99. The minimum atomic E-state index is -3.54. The molecular weight excluding hydrogens is 861 g/mol. The van der Waals surface area contributed by atoms with Crippen molar-refractivity contribution in [3.05, 3.63) is 138 Å². The van der Waals surface area contributed by atoms with Crippen molar-refractivity contribution in [2.24, 2.45) is 0 Å². The monoisotopic (exact) mass is 918 g/mol. The van der Waals surface area contributed by atoms with Gasteiger partial charge in [0.2, 0.25) is 0 Å². The van der Waals surface area contributed by atoms with E-state index in [9.17, 15) is 14.4 Å². The first-order valence-corrected chi connectivity index (χ1v) is 24.9. The lowest BCUT2D eigenvalue weighted by atomic mass is 9.98. The van der Waals surface area contributed by atoms with Gasteiger partial charge in [0.15, 0.2) is 18.5 Å². The maximum atomic E-state index is 12.9. The summed E-state index contributed by atoms with van der Waals surface area (Å²) in [5.74, 6) is -1.88. The number of methoxy groups -OCH3 is 1. The number of carbonyl (C=O) groups is 3. The Morgan fingerprint density at radius 3 is 1.56 bits per heavy atom. The third-order valence-corrected chi connectivity index (χ3v) is 13.1. The topological polar surface area (TPSA) is 153 Å². The van der Waals surface area contributed by atoms with E-state index in [4.69, 9.17) is 51.5 Å². The number of benzene rings is 4. The summed E-state index contributed by atoms with van der Waals surface area (Å²) < 4.78 is 70.6. The van der Waals surface area contributed by atoms with Crippen LogP contribution in [0.25, 0.3) is 0 Å². The van der Waals surface area contributed by atoms with Crippen molar-refractivity contribution in [2.45, 2.75) is 119 Å². The van der Waals surface area contributed by atoms with Crippen molar-refractivity contribution in [1.29, 1.82) is 0 Å². The molecular formula is C48H58O14SSi. The molecule has 10 atom stereocenters. The first-order valence-electron chi connectivity index (χ1n) is 21.2. The lowest BCUT2D eigenvalue weighted by molar-refractivity contribution is -0.314. The number of esters is 3. The summed E-state index contributed by atoms with van der Waals surface area (Å²) in [6.45, 7) is 8.05. The van der Waals surface area contributed by atoms with Gasteiger partial charge in [-0.3, -0.25) is 14.4 Å². The average Bonchev–Trinajstić information content (AvgIpc) is 3.28. The standard InChI is InChI=1S/C48H58O14SSi/c1-32(49)54-31-40-42(57-33(2)50)43(58-34(3)51)46(48(60-40)63-38-25-17-10-18-26-38)62-64(5,6)61-44-41(55-28-36-21-13-8-14-22-36)39(30-53-27-35-19-11-7-12-20-35)59-47(52-4)45(44)56-29-37-23-15-9-16-24-37/h7-26,39-48H,27-31H2,1-6H3/t39-,40-,41-,42-,43+,44+,45-,46-,47+,48-/m1/s1.